The van der Waals surface area contributed by atoms with Crippen molar-refractivity contribution in [3.8, 4) is 28.6 Å². The predicted octanol–water partition coefficient (Wildman–Crippen LogP) is 5.37. The molecule has 0 saturated heterocycles. The van der Waals surface area contributed by atoms with Gasteiger partial charge in [0.25, 0.3) is 0 Å². The SMILES string of the molecule is O=c1c(O)c(-c2ccc3c(c2)OCO3)oc2ccc(NS(=O)CCc3cccc4ccccc34)cc12. The molecule has 0 radical (unpaired) electrons. The Kier molecular flexibility index (Phi) is 5.58. The molecule has 6 rings (SSSR count). The average Bonchev–Trinajstić information content (AvgIpc) is 3.38. The van der Waals surface area contributed by atoms with Gasteiger partial charge in [0.2, 0.25) is 18.0 Å². The molecule has 5 aromatic rings. The summed E-state index contributed by atoms with van der Waals surface area (Å²) < 4.78 is 32.3. The number of hydrogen-bond acceptors (Lipinski definition) is 6. The topological polar surface area (TPSA) is 98.0 Å². The van der Waals surface area contributed by atoms with Crippen LogP contribution in [0.3, 0.4) is 0 Å². The first-order valence-corrected chi connectivity index (χ1v) is 12.7. The van der Waals surface area contributed by atoms with E-state index in [4.69, 9.17) is 13.9 Å². The van der Waals surface area contributed by atoms with E-state index in [0.717, 1.165) is 16.3 Å². The summed E-state index contributed by atoms with van der Waals surface area (Å²) in [5.74, 6) is 1.04. The molecule has 0 aliphatic carbocycles. The van der Waals surface area contributed by atoms with E-state index in [2.05, 4.69) is 22.9 Å². The Morgan fingerprint density at radius 1 is 0.889 bits per heavy atom. The smallest absolute Gasteiger partial charge is 0.235 e. The number of aryl methyl sites for hydroxylation is 1. The number of fused-ring (bicyclic) bond motifs is 3. The van der Waals surface area contributed by atoms with E-state index in [1.165, 1.54) is 0 Å². The summed E-state index contributed by atoms with van der Waals surface area (Å²) in [6.07, 6.45) is 0.635. The minimum atomic E-state index is -1.37. The number of nitrogens with one attached hydrogen (secondary N) is 1. The van der Waals surface area contributed by atoms with Gasteiger partial charge in [0.05, 0.1) is 5.39 Å². The summed E-state index contributed by atoms with van der Waals surface area (Å²) >= 11 is 0. The molecule has 8 heteroatoms. The lowest BCUT2D eigenvalue weighted by Crippen LogP contribution is -2.11. The zero-order chi connectivity index (χ0) is 24.6. The summed E-state index contributed by atoms with van der Waals surface area (Å²) in [5, 5.41) is 13.1. The van der Waals surface area contributed by atoms with Crippen molar-refractivity contribution in [1.29, 1.82) is 0 Å². The van der Waals surface area contributed by atoms with E-state index >= 15 is 0 Å². The second kappa shape index (κ2) is 9.05. The summed E-state index contributed by atoms with van der Waals surface area (Å²) in [6, 6.07) is 24.1. The molecule has 0 fully saturated rings. The number of hydrogen-bond donors (Lipinski definition) is 2. The third kappa shape index (κ3) is 4.05. The van der Waals surface area contributed by atoms with Crippen molar-refractivity contribution < 1.29 is 23.2 Å². The van der Waals surface area contributed by atoms with Gasteiger partial charge in [-0.1, -0.05) is 42.5 Å². The quantitative estimate of drug-likeness (QED) is 0.326. The van der Waals surface area contributed by atoms with E-state index < -0.39 is 22.2 Å². The number of benzene rings is 4. The largest absolute Gasteiger partial charge is 0.502 e. The maximum absolute atomic E-state index is 13.0. The molecule has 2 heterocycles. The molecule has 1 aliphatic heterocycles. The lowest BCUT2D eigenvalue weighted by molar-refractivity contribution is 0.174. The normalized spacial score (nSPS) is 13.2. The van der Waals surface area contributed by atoms with E-state index in [-0.39, 0.29) is 17.9 Å². The van der Waals surface area contributed by atoms with Gasteiger partial charge < -0.3 is 23.7 Å². The highest BCUT2D eigenvalue weighted by atomic mass is 32.2. The van der Waals surface area contributed by atoms with E-state index in [1.54, 1.807) is 36.4 Å². The molecule has 1 aliphatic rings. The fourth-order valence-electron chi connectivity index (χ4n) is 4.38. The van der Waals surface area contributed by atoms with Crippen LogP contribution in [0, 0.1) is 0 Å². The Hall–Kier alpha value is -4.30. The minimum absolute atomic E-state index is 0.0465. The van der Waals surface area contributed by atoms with Gasteiger partial charge in [-0.15, -0.1) is 0 Å². The van der Waals surface area contributed by atoms with Gasteiger partial charge in [0.15, 0.2) is 17.3 Å². The zero-order valence-corrected chi connectivity index (χ0v) is 19.8. The summed E-state index contributed by atoms with van der Waals surface area (Å²) in [4.78, 5) is 13.0. The van der Waals surface area contributed by atoms with Gasteiger partial charge in [-0.3, -0.25) is 4.79 Å². The van der Waals surface area contributed by atoms with Crippen LogP contribution >= 0.6 is 0 Å². The Labute approximate surface area is 208 Å². The van der Waals surface area contributed by atoms with E-state index in [9.17, 15) is 14.1 Å². The van der Waals surface area contributed by atoms with Crippen LogP contribution in [0.25, 0.3) is 33.1 Å². The van der Waals surface area contributed by atoms with Gasteiger partial charge in [0.1, 0.15) is 16.6 Å². The first-order valence-electron chi connectivity index (χ1n) is 11.4. The van der Waals surface area contributed by atoms with Crippen molar-refractivity contribution in [2.24, 2.45) is 0 Å². The van der Waals surface area contributed by atoms with Gasteiger partial charge in [-0.25, -0.2) is 4.21 Å². The molecule has 1 unspecified atom stereocenters. The van der Waals surface area contributed by atoms with Crippen LogP contribution in [0.1, 0.15) is 5.56 Å². The first-order chi connectivity index (χ1) is 17.6. The summed E-state index contributed by atoms with van der Waals surface area (Å²) in [5.41, 5.74) is 1.85. The molecule has 1 aromatic heterocycles. The summed E-state index contributed by atoms with van der Waals surface area (Å²) in [6.45, 7) is 0.117. The third-order valence-electron chi connectivity index (χ3n) is 6.17. The minimum Gasteiger partial charge on any atom is -0.502 e. The zero-order valence-electron chi connectivity index (χ0n) is 19.0. The van der Waals surface area contributed by atoms with Gasteiger partial charge in [-0.05, 0) is 59.2 Å². The Morgan fingerprint density at radius 2 is 1.72 bits per heavy atom. The van der Waals surface area contributed by atoms with Crippen LogP contribution in [0.15, 0.2) is 88.1 Å². The fraction of sp³-hybridized carbons (Fsp3) is 0.107. The highest BCUT2D eigenvalue weighted by Gasteiger charge is 2.20. The molecule has 0 saturated carbocycles. The molecule has 2 N–H and O–H groups in total. The Balaban J connectivity index is 1.23. The highest BCUT2D eigenvalue weighted by Crippen LogP contribution is 2.38. The number of anilines is 1. The van der Waals surface area contributed by atoms with E-state index in [0.29, 0.717) is 40.5 Å². The maximum atomic E-state index is 13.0. The van der Waals surface area contributed by atoms with Crippen LogP contribution in [0.2, 0.25) is 0 Å². The maximum Gasteiger partial charge on any atom is 0.235 e. The molecule has 0 bridgehead atoms. The molecular weight excluding hydrogens is 478 g/mol. The second-order valence-corrected chi connectivity index (χ2v) is 9.73. The molecular formula is C28H21NO6S. The first kappa shape index (κ1) is 22.2. The highest BCUT2D eigenvalue weighted by molar-refractivity contribution is 7.86. The molecule has 0 spiro atoms. The van der Waals surface area contributed by atoms with E-state index in [1.807, 2.05) is 24.3 Å². The van der Waals surface area contributed by atoms with Crippen LogP contribution in [0.4, 0.5) is 5.69 Å². The predicted molar refractivity (Wildman–Crippen MR) is 140 cm³/mol. The van der Waals surface area contributed by atoms with Crippen molar-refractivity contribution in [3.05, 3.63) is 94.6 Å². The fourth-order valence-corrected chi connectivity index (χ4v) is 5.28. The van der Waals surface area contributed by atoms with Crippen molar-refractivity contribution in [3.63, 3.8) is 0 Å². The number of ether oxygens (including phenoxy) is 2. The van der Waals surface area contributed by atoms with Crippen molar-refractivity contribution >= 4 is 38.4 Å². The molecule has 0 amide bonds. The van der Waals surface area contributed by atoms with Crippen LogP contribution in [-0.4, -0.2) is 21.9 Å². The van der Waals surface area contributed by atoms with Crippen molar-refractivity contribution in [2.75, 3.05) is 17.3 Å². The van der Waals surface area contributed by atoms with Crippen molar-refractivity contribution in [1.82, 2.24) is 0 Å². The molecule has 180 valence electrons. The average molecular weight is 500 g/mol. The van der Waals surface area contributed by atoms with Crippen LogP contribution < -0.4 is 19.6 Å². The van der Waals surface area contributed by atoms with Crippen LogP contribution in [0.5, 0.6) is 17.2 Å². The lowest BCUT2D eigenvalue weighted by atomic mass is 10.0. The van der Waals surface area contributed by atoms with Gasteiger partial charge >= 0.3 is 0 Å². The third-order valence-corrected chi connectivity index (χ3v) is 7.21. The van der Waals surface area contributed by atoms with Gasteiger partial charge in [0, 0.05) is 17.0 Å². The Bertz CT molecular complexity index is 1710. The molecule has 7 nitrogen and oxygen atoms in total. The standard InChI is InChI=1S/C28H21NO6S/c30-26-22-15-20(29-36(32)13-12-18-6-3-5-17-4-1-2-7-21(17)18)9-11-23(22)35-28(27(26)31)19-8-10-24-25(14-19)34-16-33-24/h1-11,14-15,29,31H,12-13,16H2. The molecule has 4 aromatic carbocycles. The monoisotopic (exact) mass is 499 g/mol. The summed E-state index contributed by atoms with van der Waals surface area (Å²) in [7, 11) is -1.37. The number of aromatic hydroxyl groups is 1. The molecule has 1 atom stereocenters. The second-order valence-electron chi connectivity index (χ2n) is 8.43. The van der Waals surface area contributed by atoms with Crippen LogP contribution in [-0.2, 0) is 17.4 Å². The van der Waals surface area contributed by atoms with Gasteiger partial charge in [-0.2, -0.15) is 0 Å². The lowest BCUT2D eigenvalue weighted by Gasteiger charge is -2.10. The number of rotatable bonds is 6. The Morgan fingerprint density at radius 3 is 2.64 bits per heavy atom. The van der Waals surface area contributed by atoms with Crippen molar-refractivity contribution in [2.45, 2.75) is 6.42 Å². The molecule has 36 heavy (non-hydrogen) atoms.